The molecule has 0 unspecified atom stereocenters. The Labute approximate surface area is 189 Å². The molecule has 32 heavy (non-hydrogen) atoms. The summed E-state index contributed by atoms with van der Waals surface area (Å²) in [5.74, 6) is 0.516. The first kappa shape index (κ1) is 21.9. The maximum atomic E-state index is 13.0. The van der Waals surface area contributed by atoms with E-state index >= 15 is 0 Å². The number of hydrogen-bond acceptors (Lipinski definition) is 6. The predicted molar refractivity (Wildman–Crippen MR) is 119 cm³/mol. The maximum Gasteiger partial charge on any atom is 0.286 e. The first-order valence-electron chi connectivity index (χ1n) is 10.4. The number of anilines is 1. The molecule has 0 atom stereocenters. The quantitative estimate of drug-likeness (QED) is 0.598. The van der Waals surface area contributed by atoms with Crippen LogP contribution in [0.4, 0.5) is 10.1 Å². The van der Waals surface area contributed by atoms with Crippen molar-refractivity contribution in [3.63, 3.8) is 0 Å². The van der Waals surface area contributed by atoms with Crippen LogP contribution < -0.4 is 10.1 Å². The number of ether oxygens (including phenoxy) is 1. The van der Waals surface area contributed by atoms with E-state index in [-0.39, 0.29) is 23.3 Å². The Morgan fingerprint density at radius 2 is 1.78 bits per heavy atom. The number of hydrogen-bond donors (Lipinski definition) is 1. The van der Waals surface area contributed by atoms with E-state index in [1.807, 2.05) is 4.90 Å². The van der Waals surface area contributed by atoms with Gasteiger partial charge in [-0.15, -0.1) is 10.2 Å². The monoisotopic (exact) mass is 454 g/mol. The molecule has 1 aliphatic rings. The summed E-state index contributed by atoms with van der Waals surface area (Å²) in [5, 5.41) is 11.2. The van der Waals surface area contributed by atoms with Gasteiger partial charge in [-0.3, -0.25) is 9.59 Å². The summed E-state index contributed by atoms with van der Waals surface area (Å²) in [7, 11) is 0. The van der Waals surface area contributed by atoms with E-state index in [1.165, 1.54) is 24.3 Å². The van der Waals surface area contributed by atoms with Gasteiger partial charge in [-0.25, -0.2) is 4.39 Å². The normalized spacial score (nSPS) is 14.2. The summed E-state index contributed by atoms with van der Waals surface area (Å²) in [6.07, 6.45) is 2.08. The van der Waals surface area contributed by atoms with E-state index in [0.717, 1.165) is 37.3 Å². The van der Waals surface area contributed by atoms with E-state index in [9.17, 15) is 14.0 Å². The highest BCUT2D eigenvalue weighted by Gasteiger charge is 2.21. The summed E-state index contributed by atoms with van der Waals surface area (Å²) < 4.78 is 18.7. The smallest absolute Gasteiger partial charge is 0.286 e. The number of amides is 2. The highest BCUT2D eigenvalue weighted by molar-refractivity contribution is 7.13. The highest BCUT2D eigenvalue weighted by atomic mass is 32.1. The van der Waals surface area contributed by atoms with Crippen molar-refractivity contribution in [1.29, 1.82) is 0 Å². The molecular weight excluding hydrogens is 431 g/mol. The average molecular weight is 455 g/mol. The van der Waals surface area contributed by atoms with Crippen molar-refractivity contribution in [3.8, 4) is 5.75 Å². The number of carbonyl (C=O) groups excluding carboxylic acids is 2. The fraction of sp³-hybridized carbons (Fsp3) is 0.304. The first-order chi connectivity index (χ1) is 15.5. The number of benzene rings is 2. The van der Waals surface area contributed by atoms with Gasteiger partial charge < -0.3 is 15.0 Å². The molecule has 9 heteroatoms. The number of aromatic nitrogens is 2. The fourth-order valence-corrected chi connectivity index (χ4v) is 4.00. The van der Waals surface area contributed by atoms with Crippen LogP contribution in [0.3, 0.4) is 0 Å². The Morgan fingerprint density at radius 1 is 1.09 bits per heavy atom. The van der Waals surface area contributed by atoms with Crippen molar-refractivity contribution >= 4 is 28.8 Å². The van der Waals surface area contributed by atoms with Crippen molar-refractivity contribution in [2.45, 2.75) is 26.4 Å². The number of halogens is 1. The van der Waals surface area contributed by atoms with Gasteiger partial charge in [-0.1, -0.05) is 18.3 Å². The van der Waals surface area contributed by atoms with Gasteiger partial charge in [-0.05, 0) is 67.3 Å². The molecule has 0 aliphatic carbocycles. The zero-order chi connectivity index (χ0) is 22.5. The number of rotatable bonds is 6. The van der Waals surface area contributed by atoms with Crippen LogP contribution in [0.5, 0.6) is 5.75 Å². The van der Waals surface area contributed by atoms with Crippen LogP contribution >= 0.6 is 11.3 Å². The molecule has 0 saturated carbocycles. The van der Waals surface area contributed by atoms with Crippen LogP contribution in [-0.2, 0) is 6.61 Å². The number of nitrogens with one attached hydrogen (secondary N) is 1. The zero-order valence-corrected chi connectivity index (χ0v) is 18.4. The minimum atomic E-state index is -0.421. The summed E-state index contributed by atoms with van der Waals surface area (Å²) in [6, 6.07) is 12.5. The molecule has 3 aromatic rings. The number of piperidine rings is 1. The Balaban J connectivity index is 1.29. The average Bonchev–Trinajstić information content (AvgIpc) is 3.29. The molecule has 0 bridgehead atoms. The van der Waals surface area contributed by atoms with Gasteiger partial charge in [-0.2, -0.15) is 0 Å². The third-order valence-corrected chi connectivity index (χ3v) is 6.19. The second-order valence-electron chi connectivity index (χ2n) is 7.75. The van der Waals surface area contributed by atoms with Gasteiger partial charge in [0.25, 0.3) is 11.8 Å². The van der Waals surface area contributed by atoms with Crippen molar-refractivity contribution < 1.29 is 18.7 Å². The SMILES string of the molecule is CC1CCN(C(=O)c2ccc(OCc3nnc(C(=O)Nc4ccc(F)cc4)s3)cc2)CC1. The van der Waals surface area contributed by atoms with E-state index < -0.39 is 5.91 Å². The molecule has 2 amide bonds. The lowest BCUT2D eigenvalue weighted by Gasteiger charge is -2.30. The third kappa shape index (κ3) is 5.47. The van der Waals surface area contributed by atoms with Crippen LogP contribution in [0.25, 0.3) is 0 Å². The van der Waals surface area contributed by atoms with Crippen molar-refractivity contribution in [2.24, 2.45) is 5.92 Å². The van der Waals surface area contributed by atoms with Gasteiger partial charge in [0.05, 0.1) is 0 Å². The van der Waals surface area contributed by atoms with Crippen LogP contribution in [-0.4, -0.2) is 40.0 Å². The summed E-state index contributed by atoms with van der Waals surface area (Å²) in [4.78, 5) is 26.8. The minimum Gasteiger partial charge on any atom is -0.486 e. The summed E-state index contributed by atoms with van der Waals surface area (Å²) in [5.41, 5.74) is 1.11. The second kappa shape index (κ2) is 9.86. The Morgan fingerprint density at radius 3 is 2.47 bits per heavy atom. The van der Waals surface area contributed by atoms with E-state index in [0.29, 0.717) is 27.9 Å². The molecule has 1 saturated heterocycles. The van der Waals surface area contributed by atoms with Gasteiger partial charge >= 0.3 is 0 Å². The number of carbonyl (C=O) groups is 2. The minimum absolute atomic E-state index is 0.0457. The zero-order valence-electron chi connectivity index (χ0n) is 17.6. The molecule has 1 aromatic heterocycles. The molecule has 166 valence electrons. The maximum absolute atomic E-state index is 13.0. The van der Waals surface area contributed by atoms with E-state index in [2.05, 4.69) is 22.4 Å². The highest BCUT2D eigenvalue weighted by Crippen LogP contribution is 2.21. The largest absolute Gasteiger partial charge is 0.486 e. The molecule has 1 aliphatic heterocycles. The lowest BCUT2D eigenvalue weighted by Crippen LogP contribution is -2.37. The van der Waals surface area contributed by atoms with Crippen LogP contribution in [0, 0.1) is 11.7 Å². The Hall–Kier alpha value is -3.33. The summed E-state index contributed by atoms with van der Waals surface area (Å²) >= 11 is 1.12. The second-order valence-corrected chi connectivity index (χ2v) is 8.81. The molecule has 1 fully saturated rings. The third-order valence-electron chi connectivity index (χ3n) is 5.30. The Kier molecular flexibility index (Phi) is 6.75. The molecule has 2 heterocycles. The fourth-order valence-electron chi connectivity index (χ4n) is 3.35. The van der Waals surface area contributed by atoms with Crippen LogP contribution in [0.2, 0.25) is 0 Å². The van der Waals surface area contributed by atoms with E-state index in [4.69, 9.17) is 4.74 Å². The van der Waals surface area contributed by atoms with Gasteiger partial charge in [0.15, 0.2) is 5.01 Å². The molecule has 0 radical (unpaired) electrons. The van der Waals surface area contributed by atoms with Crippen LogP contribution in [0.15, 0.2) is 48.5 Å². The lowest BCUT2D eigenvalue weighted by molar-refractivity contribution is 0.0697. The molecule has 7 nitrogen and oxygen atoms in total. The molecule has 4 rings (SSSR count). The van der Waals surface area contributed by atoms with Gasteiger partial charge in [0, 0.05) is 24.3 Å². The topological polar surface area (TPSA) is 84.4 Å². The summed E-state index contributed by atoms with van der Waals surface area (Å²) in [6.45, 7) is 3.96. The van der Waals surface area contributed by atoms with Gasteiger partial charge in [0.2, 0.25) is 5.01 Å². The number of likely N-dealkylation sites (tertiary alicyclic amines) is 1. The van der Waals surface area contributed by atoms with Crippen molar-refractivity contribution in [1.82, 2.24) is 15.1 Å². The van der Waals surface area contributed by atoms with E-state index in [1.54, 1.807) is 24.3 Å². The van der Waals surface area contributed by atoms with Crippen LogP contribution in [0.1, 0.15) is 44.9 Å². The van der Waals surface area contributed by atoms with Crippen molar-refractivity contribution in [2.75, 3.05) is 18.4 Å². The number of nitrogens with zero attached hydrogens (tertiary/aromatic N) is 3. The van der Waals surface area contributed by atoms with Gasteiger partial charge in [0.1, 0.15) is 18.2 Å². The Bertz CT molecular complexity index is 1080. The predicted octanol–water partition coefficient (Wildman–Crippen LogP) is 4.38. The molecule has 0 spiro atoms. The molecular formula is C23H23FN4O3S. The van der Waals surface area contributed by atoms with Crippen molar-refractivity contribution in [3.05, 3.63) is 69.9 Å². The molecule has 1 N–H and O–H groups in total. The first-order valence-corrected chi connectivity index (χ1v) is 11.2. The lowest BCUT2D eigenvalue weighted by atomic mass is 9.98. The molecule has 2 aromatic carbocycles. The standard InChI is InChI=1S/C23H23FN4O3S/c1-15-10-12-28(13-11-15)23(30)16-2-8-19(9-3-16)31-14-20-26-27-22(32-20)21(29)25-18-6-4-17(24)5-7-18/h2-9,15H,10-14H2,1H3,(H,25,29).